The fraction of sp³-hybridized carbons (Fsp3) is 0.143. The van der Waals surface area contributed by atoms with E-state index in [9.17, 15) is 105 Å². The molecule has 0 N–H and O–H groups in total. The lowest BCUT2D eigenvalue weighted by Crippen LogP contribution is -2.72. The maximum absolute atomic E-state index is 16.5. The number of hydrogen-bond acceptors (Lipinski definition) is 6. The molecular formula is C28H4F44O6Si8. The smallest absolute Gasteiger partial charge is 0.419 e. The lowest BCUT2D eigenvalue weighted by molar-refractivity contribution is -0.121. The average Bonchev–Trinajstić information content (AvgIpc) is 3.39. The molecule has 0 saturated carbocycles. The number of alkyl halides is 8. The Labute approximate surface area is 448 Å². The molecule has 86 heavy (non-hydrogen) atoms. The normalized spacial score (nSPS) is 22.2. The highest BCUT2D eigenvalue weighted by molar-refractivity contribution is 7.00. The van der Waals surface area contributed by atoms with Gasteiger partial charge in [-0.05, 0) is 0 Å². The summed E-state index contributed by atoms with van der Waals surface area (Å²) < 4.78 is 675. The lowest BCUT2D eigenvalue weighted by atomic mass is 10.7. The van der Waals surface area contributed by atoms with E-state index < -0.39 is 231 Å². The van der Waals surface area contributed by atoms with Crippen LogP contribution in [0.3, 0.4) is 0 Å². The van der Waals surface area contributed by atoms with Crippen LogP contribution >= 0.6 is 0 Å². The monoisotopic (exact) mass is 1500 g/mol. The molecular weight excluding hydrogens is 1490 g/mol. The third-order valence-corrected chi connectivity index (χ3v) is 36.6. The minimum Gasteiger partial charge on any atom is -0.419 e. The zero-order valence-electron chi connectivity index (χ0n) is 37.4. The molecule has 0 bridgehead atoms. The van der Waals surface area contributed by atoms with Crippen molar-refractivity contribution in [2.45, 2.75) is 22.2 Å². The van der Waals surface area contributed by atoms with E-state index in [2.05, 4.69) is 24.7 Å². The van der Waals surface area contributed by atoms with E-state index in [-0.39, 0.29) is 0 Å². The average molecular weight is 1500 g/mol. The van der Waals surface area contributed by atoms with E-state index >= 15 is 87.8 Å². The summed E-state index contributed by atoms with van der Waals surface area (Å²) in [5.41, 5.74) is -103. The Balaban J connectivity index is 6.32. The molecule has 0 aromatic rings. The standard InChI is InChI=1S/C28H4F44O6Si8/c29-1(30)13(53)79-25(65,66)26(67,68)80(14(54)2(31)32)74-85(21(61)9(45)46,22(62)10(47)48)78-86(23(63)11(49)50,24(64)12(51)52)76-82(16(56)4(35)36)28(71,72)27(69,70)81(15(55)3(33)34)75-84(19(59)7(41)42,20(60)8(43)44)77-83(73-79,17(57)5(37)38)18(58)6(39)40/h79-82H. The van der Waals surface area contributed by atoms with Crippen molar-refractivity contribution in [1.82, 2.24) is 0 Å². The molecule has 0 spiro atoms. The van der Waals surface area contributed by atoms with E-state index in [4.69, 9.17) is 0 Å². The molecule has 0 aliphatic carbocycles. The largest absolute Gasteiger partial charge is 0.460 e. The summed E-state index contributed by atoms with van der Waals surface area (Å²) in [5.74, 6) is 0. The first kappa shape index (κ1) is 79.3. The Morgan fingerprint density at radius 3 is 0.372 bits per heavy atom. The fourth-order valence-corrected chi connectivity index (χ4v) is 34.8. The van der Waals surface area contributed by atoms with Crippen LogP contribution in [-0.4, -0.2) is 92.6 Å². The molecule has 1 rings (SSSR count). The molecule has 4 unspecified atom stereocenters. The van der Waals surface area contributed by atoms with Gasteiger partial charge in [-0.3, -0.25) is 0 Å². The SMILES string of the molecule is FC(F)=C(F)[SiH]1O[Si](C(F)=C(F)F)(C(F)=C(F)F)O[Si](C(F)=C(F)F)(C(F)=C(F)F)O[SiH](C(F)=C(F)F)C(F)(F)C(F)(F)[SiH](C(F)=C(F)F)O[Si](C(F)=C(F)F)(C(F)=C(F)F)O[Si](C(F)=C(F)F)(C(F)=C(F)F)O[SiH](C(F)=C(F)F)C(F)(F)C1(F)F. The summed E-state index contributed by atoms with van der Waals surface area (Å²) in [7, 11) is -82.7. The van der Waals surface area contributed by atoms with Crippen molar-refractivity contribution < 1.29 is 218 Å². The van der Waals surface area contributed by atoms with Gasteiger partial charge in [0.05, 0.1) is 0 Å². The van der Waals surface area contributed by atoms with Crippen LogP contribution in [0.1, 0.15) is 0 Å². The van der Waals surface area contributed by atoms with Gasteiger partial charge < -0.3 is 24.7 Å². The van der Waals surface area contributed by atoms with Crippen molar-refractivity contribution >= 4 is 70.4 Å². The molecule has 1 fully saturated rings. The predicted octanol–water partition coefficient (Wildman–Crippen LogP) is 16.9. The van der Waals surface area contributed by atoms with Gasteiger partial charge in [0, 0.05) is 0 Å². The molecule has 4 atom stereocenters. The first-order valence-corrected chi connectivity index (χ1v) is 32.5. The third-order valence-electron chi connectivity index (χ3n) is 9.20. The molecule has 0 aromatic heterocycles. The molecule has 1 aliphatic rings. The second kappa shape index (κ2) is 28.4. The van der Waals surface area contributed by atoms with Crippen molar-refractivity contribution in [2.75, 3.05) is 0 Å². The van der Waals surface area contributed by atoms with Gasteiger partial charge in [-0.25, -0.2) is 87.8 Å². The van der Waals surface area contributed by atoms with Crippen molar-refractivity contribution in [1.29, 1.82) is 0 Å². The van der Waals surface area contributed by atoms with E-state index in [1.165, 1.54) is 0 Å². The lowest BCUT2D eigenvalue weighted by Gasteiger charge is -2.44. The highest BCUT2D eigenvalue weighted by Gasteiger charge is 2.81. The summed E-state index contributed by atoms with van der Waals surface area (Å²) in [6.45, 7) is 0. The second-order valence-corrected chi connectivity index (χ2v) is 36.0. The first-order chi connectivity index (χ1) is 38.5. The maximum Gasteiger partial charge on any atom is 0.460 e. The molecule has 6 nitrogen and oxygen atoms in total. The number of hydrogen-bond donors (Lipinski definition) is 0. The van der Waals surface area contributed by atoms with Crippen LogP contribution in [0.15, 0.2) is 138 Å². The van der Waals surface area contributed by atoms with Crippen molar-refractivity contribution in [3.05, 3.63) is 138 Å². The summed E-state index contributed by atoms with van der Waals surface area (Å²) in [4.78, 5) is 0. The molecule has 0 amide bonds. The third kappa shape index (κ3) is 14.8. The minimum atomic E-state index is -10.9. The van der Waals surface area contributed by atoms with Crippen LogP contribution in [0, 0.1) is 0 Å². The van der Waals surface area contributed by atoms with Gasteiger partial charge in [-0.15, -0.1) is 0 Å². The van der Waals surface area contributed by atoms with E-state index in [1.807, 2.05) is 0 Å². The van der Waals surface area contributed by atoms with Gasteiger partial charge in [0.2, 0.25) is 43.6 Å². The summed E-state index contributed by atoms with van der Waals surface area (Å²) in [5, 5.41) is 0. The molecule has 0 aromatic carbocycles. The quantitative estimate of drug-likeness (QED) is 0.143. The van der Waals surface area contributed by atoms with Crippen molar-refractivity contribution in [3.63, 3.8) is 0 Å². The molecule has 492 valence electrons. The Morgan fingerprint density at radius 1 is 0.186 bits per heavy atom. The molecule has 1 aliphatic heterocycles. The molecule has 58 heteroatoms. The highest BCUT2D eigenvalue weighted by Crippen LogP contribution is 2.55. The molecule has 1 heterocycles. The summed E-state index contributed by atoms with van der Waals surface area (Å²) in [6, 6.07) is 0. The van der Waals surface area contributed by atoms with Gasteiger partial charge in [0.15, 0.2) is 21.8 Å². The van der Waals surface area contributed by atoms with Gasteiger partial charge in [0.25, 0.3) is 24.3 Å². The van der Waals surface area contributed by atoms with Crippen LogP contribution in [0.2, 0.25) is 0 Å². The summed E-state index contributed by atoms with van der Waals surface area (Å²) >= 11 is 0. The van der Waals surface area contributed by atoms with Gasteiger partial charge in [-0.1, -0.05) is 0 Å². The van der Waals surface area contributed by atoms with Crippen LogP contribution in [0.25, 0.3) is 0 Å². The Morgan fingerprint density at radius 2 is 0.291 bits per heavy atom. The Hall–Kier alpha value is -4.70. The number of halogens is 44. The summed E-state index contributed by atoms with van der Waals surface area (Å²) in [6.07, 6.45) is -65.5. The van der Waals surface area contributed by atoms with E-state index in [1.54, 1.807) is 0 Å². The van der Waals surface area contributed by atoms with Gasteiger partial charge in [-0.2, -0.15) is 105 Å². The first-order valence-electron chi connectivity index (χ1n) is 18.7. The predicted molar refractivity (Wildman–Crippen MR) is 202 cm³/mol. The van der Waals surface area contributed by atoms with E-state index in [0.717, 1.165) is 0 Å². The van der Waals surface area contributed by atoms with Gasteiger partial charge in [0.1, 0.15) is 0 Å². The maximum atomic E-state index is 16.5. The fourth-order valence-electron chi connectivity index (χ4n) is 5.55. The zero-order valence-corrected chi connectivity index (χ0v) is 46.0. The van der Waals surface area contributed by atoms with Crippen LogP contribution in [-0.2, 0) is 24.7 Å². The van der Waals surface area contributed by atoms with Crippen LogP contribution in [0.5, 0.6) is 0 Å². The van der Waals surface area contributed by atoms with Crippen molar-refractivity contribution in [2.24, 2.45) is 0 Å². The van der Waals surface area contributed by atoms with Crippen molar-refractivity contribution in [3.8, 4) is 0 Å². The second-order valence-electron chi connectivity index (χ2n) is 14.2. The zero-order chi connectivity index (χ0) is 68.4. The van der Waals surface area contributed by atoms with Crippen LogP contribution < -0.4 is 0 Å². The molecule has 1 saturated heterocycles. The Bertz CT molecular complexity index is 2500. The van der Waals surface area contributed by atoms with Crippen LogP contribution in [0.4, 0.5) is 193 Å². The minimum absolute atomic E-state index is 2.68. The molecule has 0 radical (unpaired) electrons. The topological polar surface area (TPSA) is 55.4 Å². The van der Waals surface area contributed by atoms with Gasteiger partial charge >= 0.3 is 141 Å². The van der Waals surface area contributed by atoms with E-state index in [0.29, 0.717) is 0 Å². The Kier molecular flexibility index (Phi) is 26.2. The number of rotatable bonds is 12. The highest BCUT2D eigenvalue weighted by atomic mass is 28.5.